The van der Waals surface area contributed by atoms with Crippen LogP contribution in [-0.2, 0) is 11.3 Å². The molecule has 0 aliphatic carbocycles. The highest BCUT2D eigenvalue weighted by atomic mass is 79.9. The first kappa shape index (κ1) is 18.1. The summed E-state index contributed by atoms with van der Waals surface area (Å²) in [6, 6.07) is 15.5. The molecule has 114 valence electrons. The molecule has 2 rings (SSSR count). The third-order valence-electron chi connectivity index (χ3n) is 2.58. The number of allylic oxidation sites excluding steroid dienone is 1. The van der Waals surface area contributed by atoms with E-state index in [4.69, 9.17) is 0 Å². The van der Waals surface area contributed by atoms with Gasteiger partial charge in [-0.2, -0.15) is 9.67 Å². The molecule has 6 heteroatoms. The fourth-order valence-corrected chi connectivity index (χ4v) is 2.02. The molecular formula is C16H15BrClN3O. The number of hydrogen-bond acceptors (Lipinski definition) is 2. The Hall–Kier alpha value is -1.98. The van der Waals surface area contributed by atoms with Crippen LogP contribution in [0, 0.1) is 0 Å². The van der Waals surface area contributed by atoms with E-state index in [9.17, 15) is 4.79 Å². The van der Waals surface area contributed by atoms with Gasteiger partial charge >= 0.3 is 5.91 Å². The molecule has 0 atom stereocenters. The molecule has 0 saturated carbocycles. The van der Waals surface area contributed by atoms with Gasteiger partial charge in [-0.15, -0.1) is 0 Å². The SMILES string of the molecule is O=C(C[n+]1ccccc1)NN=CC(Br)=Cc1ccccc1.[Cl-]. The summed E-state index contributed by atoms with van der Waals surface area (Å²) in [5.74, 6) is -0.178. The molecule has 1 heterocycles. The molecular weight excluding hydrogens is 366 g/mol. The average molecular weight is 381 g/mol. The predicted molar refractivity (Wildman–Crippen MR) is 86.6 cm³/mol. The molecule has 0 aliphatic heterocycles. The van der Waals surface area contributed by atoms with Crippen LogP contribution in [0.15, 0.2) is 70.5 Å². The van der Waals surface area contributed by atoms with Crippen molar-refractivity contribution in [3.8, 4) is 0 Å². The molecule has 1 N–H and O–H groups in total. The van der Waals surface area contributed by atoms with Gasteiger partial charge in [0.25, 0.3) is 0 Å². The van der Waals surface area contributed by atoms with Crippen molar-refractivity contribution in [2.45, 2.75) is 6.54 Å². The molecule has 0 aliphatic rings. The van der Waals surface area contributed by atoms with E-state index in [0.717, 1.165) is 10.0 Å². The summed E-state index contributed by atoms with van der Waals surface area (Å²) in [6.07, 6.45) is 7.13. The lowest BCUT2D eigenvalue weighted by Gasteiger charge is -1.96. The molecule has 0 radical (unpaired) electrons. The Morgan fingerprint density at radius 3 is 2.45 bits per heavy atom. The Kier molecular flexibility index (Phi) is 8.10. The van der Waals surface area contributed by atoms with Crippen LogP contribution in [0.25, 0.3) is 6.08 Å². The van der Waals surface area contributed by atoms with Gasteiger partial charge in [0.2, 0.25) is 6.54 Å². The van der Waals surface area contributed by atoms with E-state index >= 15 is 0 Å². The number of rotatable bonds is 5. The van der Waals surface area contributed by atoms with Gasteiger partial charge in [0, 0.05) is 16.6 Å². The van der Waals surface area contributed by atoms with Crippen molar-refractivity contribution in [1.82, 2.24) is 5.43 Å². The second kappa shape index (κ2) is 9.87. The van der Waals surface area contributed by atoms with Gasteiger partial charge in [-0.1, -0.05) is 36.4 Å². The number of aromatic nitrogens is 1. The molecule has 1 aromatic carbocycles. The zero-order valence-electron chi connectivity index (χ0n) is 11.7. The van der Waals surface area contributed by atoms with Gasteiger partial charge in [-0.25, -0.2) is 5.43 Å². The molecule has 1 amide bonds. The van der Waals surface area contributed by atoms with E-state index in [2.05, 4.69) is 26.5 Å². The van der Waals surface area contributed by atoms with E-state index in [1.165, 1.54) is 0 Å². The fourth-order valence-electron chi connectivity index (χ4n) is 1.65. The maximum Gasteiger partial charge on any atom is 0.305 e. The number of nitrogens with one attached hydrogen (secondary N) is 1. The van der Waals surface area contributed by atoms with Crippen LogP contribution in [-0.4, -0.2) is 12.1 Å². The minimum Gasteiger partial charge on any atom is -1.00 e. The van der Waals surface area contributed by atoms with Gasteiger partial charge < -0.3 is 12.4 Å². The number of carbonyl (C=O) groups excluding carboxylic acids is 1. The third-order valence-corrected chi connectivity index (χ3v) is 3.02. The van der Waals surface area contributed by atoms with E-state index in [-0.39, 0.29) is 24.9 Å². The summed E-state index contributed by atoms with van der Waals surface area (Å²) in [7, 11) is 0. The molecule has 0 fully saturated rings. The van der Waals surface area contributed by atoms with Gasteiger partial charge in [-0.05, 0) is 27.6 Å². The summed E-state index contributed by atoms with van der Waals surface area (Å²) >= 11 is 3.39. The number of hydrogen-bond donors (Lipinski definition) is 1. The molecule has 1 aromatic heterocycles. The highest BCUT2D eigenvalue weighted by Crippen LogP contribution is 2.09. The summed E-state index contributed by atoms with van der Waals surface area (Å²) in [5, 5.41) is 3.91. The monoisotopic (exact) mass is 379 g/mol. The van der Waals surface area contributed by atoms with E-state index < -0.39 is 0 Å². The van der Waals surface area contributed by atoms with Crippen LogP contribution in [0.3, 0.4) is 0 Å². The first-order chi connectivity index (χ1) is 10.2. The highest BCUT2D eigenvalue weighted by molar-refractivity contribution is 9.12. The van der Waals surface area contributed by atoms with Crippen molar-refractivity contribution < 1.29 is 21.8 Å². The van der Waals surface area contributed by atoms with Crippen LogP contribution in [0.4, 0.5) is 0 Å². The number of amides is 1. The number of pyridine rings is 1. The lowest BCUT2D eigenvalue weighted by atomic mass is 10.2. The summed E-state index contributed by atoms with van der Waals surface area (Å²) in [4.78, 5) is 11.7. The van der Waals surface area contributed by atoms with Gasteiger partial charge in [0.05, 0.1) is 6.21 Å². The van der Waals surface area contributed by atoms with Crippen LogP contribution < -0.4 is 22.4 Å². The number of hydrazone groups is 1. The largest absolute Gasteiger partial charge is 1.00 e. The van der Waals surface area contributed by atoms with E-state index in [0.29, 0.717) is 0 Å². The third kappa shape index (κ3) is 6.65. The quantitative estimate of drug-likeness (QED) is 0.425. The zero-order valence-corrected chi connectivity index (χ0v) is 14.0. The lowest BCUT2D eigenvalue weighted by Crippen LogP contribution is -3.00. The number of benzene rings is 1. The lowest BCUT2D eigenvalue weighted by molar-refractivity contribution is -0.684. The standard InChI is InChI=1S/C16H14BrN3O.ClH/c17-15(11-14-7-3-1-4-8-14)12-18-19-16(21)13-20-9-5-2-6-10-20;/h1-12H,13H2;1H. The first-order valence-corrected chi connectivity index (χ1v) is 7.21. The molecule has 4 nitrogen and oxygen atoms in total. The Morgan fingerprint density at radius 1 is 1.14 bits per heavy atom. The highest BCUT2D eigenvalue weighted by Gasteiger charge is 2.06. The summed E-state index contributed by atoms with van der Waals surface area (Å²) < 4.78 is 2.56. The number of nitrogens with zero attached hydrogens (tertiary/aromatic N) is 2. The molecule has 0 bridgehead atoms. The van der Waals surface area contributed by atoms with Crippen LogP contribution in [0.5, 0.6) is 0 Å². The van der Waals surface area contributed by atoms with Gasteiger partial charge in [0.1, 0.15) is 0 Å². The topological polar surface area (TPSA) is 45.3 Å². The van der Waals surface area contributed by atoms with Crippen LogP contribution in [0.1, 0.15) is 5.56 Å². The molecule has 0 spiro atoms. The number of carbonyl (C=O) groups is 1. The van der Waals surface area contributed by atoms with E-state index in [1.54, 1.807) is 10.8 Å². The van der Waals surface area contributed by atoms with Gasteiger partial charge in [0.15, 0.2) is 12.4 Å². The van der Waals surface area contributed by atoms with Gasteiger partial charge in [-0.3, -0.25) is 4.79 Å². The first-order valence-electron chi connectivity index (χ1n) is 6.42. The Balaban J connectivity index is 0.00000242. The van der Waals surface area contributed by atoms with Crippen molar-refractivity contribution in [1.29, 1.82) is 0 Å². The normalized spacial score (nSPS) is 11.0. The Labute approximate surface area is 144 Å². The van der Waals surface area contributed by atoms with Crippen molar-refractivity contribution in [3.63, 3.8) is 0 Å². The number of halogens is 2. The molecule has 2 aromatic rings. The van der Waals surface area contributed by atoms with E-state index in [1.807, 2.05) is 67.0 Å². The minimum absolute atomic E-state index is 0. The zero-order chi connectivity index (χ0) is 14.9. The van der Waals surface area contributed by atoms with Crippen LogP contribution in [0.2, 0.25) is 0 Å². The molecule has 22 heavy (non-hydrogen) atoms. The smallest absolute Gasteiger partial charge is 0.305 e. The fraction of sp³-hybridized carbons (Fsp3) is 0.0625. The van der Waals surface area contributed by atoms with Crippen molar-refractivity contribution in [2.24, 2.45) is 5.10 Å². The maximum absolute atomic E-state index is 11.7. The second-order valence-corrected chi connectivity index (χ2v) is 5.20. The predicted octanol–water partition coefficient (Wildman–Crippen LogP) is -0.484. The maximum atomic E-state index is 11.7. The molecule has 0 saturated heterocycles. The average Bonchev–Trinajstić information content (AvgIpc) is 2.49. The Bertz CT molecular complexity index is 645. The molecule has 0 unspecified atom stereocenters. The van der Waals surface area contributed by atoms with Crippen LogP contribution >= 0.6 is 15.9 Å². The minimum atomic E-state index is -0.178. The van der Waals surface area contributed by atoms with Crippen molar-refractivity contribution in [3.05, 3.63) is 71.0 Å². The van der Waals surface area contributed by atoms with Crippen molar-refractivity contribution >= 4 is 34.1 Å². The van der Waals surface area contributed by atoms with Crippen molar-refractivity contribution in [2.75, 3.05) is 0 Å². The Morgan fingerprint density at radius 2 is 1.77 bits per heavy atom. The summed E-state index contributed by atoms with van der Waals surface area (Å²) in [6.45, 7) is 0.234. The summed E-state index contributed by atoms with van der Waals surface area (Å²) in [5.41, 5.74) is 3.54. The second-order valence-electron chi connectivity index (χ2n) is 4.28.